The summed E-state index contributed by atoms with van der Waals surface area (Å²) >= 11 is 0. The molecular weight excluding hydrogens is 216 g/mol. The summed E-state index contributed by atoms with van der Waals surface area (Å²) < 4.78 is 0. The minimum Gasteiger partial charge on any atom is -0.0656 e. The van der Waals surface area contributed by atoms with Gasteiger partial charge in [0.2, 0.25) is 0 Å². The first-order chi connectivity index (χ1) is 8.66. The molecule has 0 rings (SSSR count). The number of rotatable bonds is 6. The van der Waals surface area contributed by atoms with Crippen molar-refractivity contribution in [3.8, 4) is 0 Å². The fraction of sp³-hybridized carbons (Fsp3) is 1.00. The molecule has 0 saturated heterocycles. The van der Waals surface area contributed by atoms with Gasteiger partial charge in [-0.15, -0.1) is 0 Å². The predicted molar refractivity (Wildman–Crippen MR) is 91.6 cm³/mol. The topological polar surface area (TPSA) is 0 Å². The highest BCUT2D eigenvalue weighted by molar-refractivity contribution is 4.31. The maximum absolute atomic E-state index is 2.23. The van der Waals surface area contributed by atoms with Crippen molar-refractivity contribution in [2.45, 2.75) is 120 Å². The van der Waals surface area contributed by atoms with E-state index >= 15 is 0 Å². The van der Waals surface area contributed by atoms with Crippen molar-refractivity contribution in [2.24, 2.45) is 0 Å². The van der Waals surface area contributed by atoms with Crippen LogP contribution in [0, 0.1) is 0 Å². The highest BCUT2D eigenvalue weighted by atomic mass is 13.8. The van der Waals surface area contributed by atoms with Gasteiger partial charge >= 0.3 is 0 Å². The summed E-state index contributed by atoms with van der Waals surface area (Å²) in [7, 11) is 0. The van der Waals surface area contributed by atoms with Crippen LogP contribution < -0.4 is 0 Å². The minimum atomic E-state index is 1.25. The van der Waals surface area contributed by atoms with Crippen LogP contribution in [0.5, 0.6) is 0 Å². The van der Waals surface area contributed by atoms with Crippen molar-refractivity contribution in [3.63, 3.8) is 0 Å². The minimum absolute atomic E-state index is 1.25. The molecule has 0 aromatic carbocycles. The second-order valence-electron chi connectivity index (χ2n) is 4.77. The van der Waals surface area contributed by atoms with E-state index in [0.717, 1.165) is 0 Å². The summed E-state index contributed by atoms with van der Waals surface area (Å²) in [6.45, 7) is 17.5. The van der Waals surface area contributed by atoms with Crippen LogP contribution in [-0.4, -0.2) is 0 Å². The lowest BCUT2D eigenvalue weighted by atomic mass is 10.2. The van der Waals surface area contributed by atoms with Crippen LogP contribution >= 0.6 is 0 Å². The van der Waals surface area contributed by atoms with E-state index in [9.17, 15) is 0 Å². The van der Waals surface area contributed by atoms with Gasteiger partial charge in [0.25, 0.3) is 0 Å². The van der Waals surface area contributed by atoms with Crippen LogP contribution in [0.15, 0.2) is 0 Å². The molecule has 0 radical (unpaired) electrons. The number of hydrogen-bond acceptors (Lipinski definition) is 0. The van der Waals surface area contributed by atoms with Crippen LogP contribution in [0.2, 0.25) is 0 Å². The fourth-order valence-electron chi connectivity index (χ4n) is 0.854. The molecule has 0 amide bonds. The van der Waals surface area contributed by atoms with Gasteiger partial charge < -0.3 is 0 Å². The zero-order valence-corrected chi connectivity index (χ0v) is 15.1. The molecule has 0 N–H and O–H groups in total. The Morgan fingerprint density at radius 1 is 0.333 bits per heavy atom. The first-order valence-corrected chi connectivity index (χ1v) is 8.66. The second-order valence-corrected chi connectivity index (χ2v) is 4.77. The van der Waals surface area contributed by atoms with Crippen molar-refractivity contribution >= 4 is 0 Å². The smallest absolute Gasteiger partial charge is 0.0536 e. The van der Waals surface area contributed by atoms with E-state index in [2.05, 4.69) is 55.4 Å². The molecule has 0 atom stereocenters. The van der Waals surface area contributed by atoms with Crippen molar-refractivity contribution in [3.05, 3.63) is 0 Å². The molecule has 0 fully saturated rings. The Kier molecular flexibility index (Phi) is 64.2. The lowest BCUT2D eigenvalue weighted by Crippen LogP contribution is -1.66. The molecular formula is C18H44. The largest absolute Gasteiger partial charge is 0.0656 e. The van der Waals surface area contributed by atoms with Gasteiger partial charge in [-0.05, 0) is 0 Å². The lowest BCUT2D eigenvalue weighted by Gasteiger charge is -1.86. The molecule has 0 bridgehead atoms. The summed E-state index contributed by atoms with van der Waals surface area (Å²) in [5.74, 6) is 0. The van der Waals surface area contributed by atoms with E-state index in [4.69, 9.17) is 0 Å². The van der Waals surface area contributed by atoms with Gasteiger partial charge in [0.15, 0.2) is 0 Å². The monoisotopic (exact) mass is 260 g/mol. The van der Waals surface area contributed by atoms with Crippen LogP contribution in [0.3, 0.4) is 0 Å². The highest BCUT2D eigenvalue weighted by Crippen LogP contribution is 1.95. The van der Waals surface area contributed by atoms with Gasteiger partial charge in [0, 0.05) is 0 Å². The Balaban J connectivity index is -0.0000000750. The molecule has 0 aliphatic rings. The summed E-state index contributed by atoms with van der Waals surface area (Å²) in [5, 5.41) is 0. The summed E-state index contributed by atoms with van der Waals surface area (Å²) in [4.78, 5) is 0. The summed E-state index contributed by atoms with van der Waals surface area (Å²) in [6, 6.07) is 0. The van der Waals surface area contributed by atoms with Crippen LogP contribution in [0.25, 0.3) is 0 Å². The highest BCUT2D eigenvalue weighted by Gasteiger charge is 1.75. The SMILES string of the molecule is CCC.CCCC.CCCCC.CCCCCC. The second kappa shape index (κ2) is 43.5. The van der Waals surface area contributed by atoms with Crippen molar-refractivity contribution in [1.82, 2.24) is 0 Å². The maximum atomic E-state index is 2.23. The number of hydrogen-bond donors (Lipinski definition) is 0. The average molecular weight is 261 g/mol. The summed E-state index contributed by atoms with van der Waals surface area (Å²) in [5.41, 5.74) is 0. The van der Waals surface area contributed by atoms with Crippen LogP contribution in [0.4, 0.5) is 0 Å². The first kappa shape index (κ1) is 26.5. The normalized spacial score (nSPS) is 8.00. The fourth-order valence-corrected chi connectivity index (χ4v) is 0.854. The van der Waals surface area contributed by atoms with Crippen LogP contribution in [0.1, 0.15) is 120 Å². The van der Waals surface area contributed by atoms with Crippen LogP contribution in [-0.2, 0) is 0 Å². The predicted octanol–water partition coefficient (Wildman–Crippen LogP) is 8.01. The quantitative estimate of drug-likeness (QED) is 0.424. The molecule has 0 aromatic heterocycles. The standard InChI is InChI=1S/C6H14.C5H12.C4H10.C3H8/c1-3-5-6-4-2;1-3-5-4-2;1-3-4-2;1-3-2/h3-6H2,1-2H3;3-5H2,1-2H3;3-4H2,1-2H3;3H2,1-2H3. The molecule has 116 valence electrons. The van der Waals surface area contributed by atoms with Crippen molar-refractivity contribution < 1.29 is 0 Å². The molecule has 0 unspecified atom stereocenters. The van der Waals surface area contributed by atoms with Gasteiger partial charge in [-0.3, -0.25) is 0 Å². The lowest BCUT2D eigenvalue weighted by molar-refractivity contribution is 0.702. The third-order valence-corrected chi connectivity index (χ3v) is 2.16. The maximum Gasteiger partial charge on any atom is -0.0536 e. The molecule has 0 spiro atoms. The molecule has 0 nitrogen and oxygen atoms in total. The van der Waals surface area contributed by atoms with Crippen molar-refractivity contribution in [1.29, 1.82) is 0 Å². The Morgan fingerprint density at radius 3 is 0.611 bits per heavy atom. The molecule has 0 heterocycles. The van der Waals surface area contributed by atoms with E-state index in [1.54, 1.807) is 0 Å². The van der Waals surface area contributed by atoms with E-state index in [0.29, 0.717) is 0 Å². The molecule has 0 heteroatoms. The van der Waals surface area contributed by atoms with E-state index in [1.165, 1.54) is 64.2 Å². The molecule has 0 aliphatic carbocycles. The average Bonchev–Trinajstić information content (AvgIpc) is 2.39. The van der Waals surface area contributed by atoms with Gasteiger partial charge in [-0.2, -0.15) is 0 Å². The van der Waals surface area contributed by atoms with E-state index < -0.39 is 0 Å². The van der Waals surface area contributed by atoms with E-state index in [-0.39, 0.29) is 0 Å². The third kappa shape index (κ3) is 100. The Morgan fingerprint density at radius 2 is 0.556 bits per heavy atom. The molecule has 18 heavy (non-hydrogen) atoms. The van der Waals surface area contributed by atoms with Gasteiger partial charge in [-0.25, -0.2) is 0 Å². The molecule has 0 aromatic rings. The van der Waals surface area contributed by atoms with Gasteiger partial charge in [0.05, 0.1) is 0 Å². The van der Waals surface area contributed by atoms with E-state index in [1.807, 2.05) is 0 Å². The Bertz CT molecular complexity index is 58.4. The Hall–Kier alpha value is 0. The first-order valence-electron chi connectivity index (χ1n) is 8.66. The molecule has 0 saturated carbocycles. The van der Waals surface area contributed by atoms with Crippen molar-refractivity contribution in [2.75, 3.05) is 0 Å². The zero-order chi connectivity index (χ0) is 15.1. The van der Waals surface area contributed by atoms with Gasteiger partial charge in [0.1, 0.15) is 0 Å². The molecule has 0 aliphatic heterocycles. The van der Waals surface area contributed by atoms with Gasteiger partial charge in [-0.1, -0.05) is 120 Å². The Labute approximate surface area is 120 Å². The third-order valence-electron chi connectivity index (χ3n) is 2.16. The zero-order valence-electron chi connectivity index (χ0n) is 15.1. The number of unbranched alkanes of at least 4 members (excludes halogenated alkanes) is 6. The summed E-state index contributed by atoms with van der Waals surface area (Å²) in [6.07, 6.45) is 13.5.